The molecule has 0 saturated heterocycles. The SMILES string of the molecule is C=CC(C)(C)c1[nH]c2ccccc2c1-c1c(OC)c(O)c(-c2c[nH]c3c(C[C@H](OC)C(C)(C)O)cccc23)c(OC)c1OC. The quantitative estimate of drug-likeness (QED) is 0.117. The predicted octanol–water partition coefficient (Wildman–Crippen LogP) is 7.51. The summed E-state index contributed by atoms with van der Waals surface area (Å²) in [7, 11) is 6.29. The Kier molecular flexibility index (Phi) is 8.18. The molecule has 4 N–H and O–H groups in total. The molecule has 1 atom stereocenters. The maximum Gasteiger partial charge on any atom is 0.173 e. The van der Waals surface area contributed by atoms with Crippen molar-refractivity contribution in [3.63, 3.8) is 0 Å². The highest BCUT2D eigenvalue weighted by Crippen LogP contribution is 2.59. The minimum absolute atomic E-state index is 0.0784. The smallest absolute Gasteiger partial charge is 0.173 e. The summed E-state index contributed by atoms with van der Waals surface area (Å²) in [5, 5.41) is 24.5. The number of benzene rings is 3. The van der Waals surface area contributed by atoms with Gasteiger partial charge in [-0.25, -0.2) is 0 Å². The summed E-state index contributed by atoms with van der Waals surface area (Å²) in [6.45, 7) is 11.7. The fraction of sp³-hybridized carbons (Fsp3) is 0.333. The van der Waals surface area contributed by atoms with Gasteiger partial charge in [0, 0.05) is 63.8 Å². The highest BCUT2D eigenvalue weighted by atomic mass is 16.5. The van der Waals surface area contributed by atoms with Gasteiger partial charge in [-0.2, -0.15) is 0 Å². The average molecular weight is 599 g/mol. The molecule has 44 heavy (non-hydrogen) atoms. The molecule has 2 heterocycles. The second-order valence-corrected chi connectivity index (χ2v) is 12.2. The van der Waals surface area contributed by atoms with Crippen LogP contribution in [0.2, 0.25) is 0 Å². The van der Waals surface area contributed by atoms with Crippen LogP contribution in [0.1, 0.15) is 39.0 Å². The summed E-state index contributed by atoms with van der Waals surface area (Å²) in [5.74, 6) is 0.974. The summed E-state index contributed by atoms with van der Waals surface area (Å²) < 4.78 is 23.8. The van der Waals surface area contributed by atoms with Crippen molar-refractivity contribution in [2.45, 2.75) is 51.2 Å². The molecule has 0 spiro atoms. The van der Waals surface area contributed by atoms with Gasteiger partial charge in [-0.3, -0.25) is 0 Å². The lowest BCUT2D eigenvalue weighted by Gasteiger charge is -2.28. The van der Waals surface area contributed by atoms with Crippen molar-refractivity contribution in [1.29, 1.82) is 0 Å². The standard InChI is InChI=1S/C36H42N2O6/c1-10-35(2,3)34-26(22-15-11-12-17-24(22)38-34)28-31(42-7)30(39)27(32(43-8)33(28)44-9)23-19-37-29-20(14-13-16-21(23)29)18-25(41-6)36(4,5)40/h10-17,19,25,37-40H,1,18H2,2-9H3/t25-/m0/s1. The zero-order valence-electron chi connectivity index (χ0n) is 26.7. The van der Waals surface area contributed by atoms with Crippen LogP contribution in [-0.4, -0.2) is 60.3 Å². The van der Waals surface area contributed by atoms with Crippen LogP contribution in [0, 0.1) is 0 Å². The van der Waals surface area contributed by atoms with Crippen molar-refractivity contribution < 1.29 is 29.2 Å². The molecule has 3 aromatic carbocycles. The zero-order valence-corrected chi connectivity index (χ0v) is 26.7. The van der Waals surface area contributed by atoms with Crippen molar-refractivity contribution in [1.82, 2.24) is 9.97 Å². The van der Waals surface area contributed by atoms with Gasteiger partial charge in [0.1, 0.15) is 0 Å². The topological polar surface area (TPSA) is 109 Å². The van der Waals surface area contributed by atoms with Crippen LogP contribution in [0.25, 0.3) is 44.1 Å². The van der Waals surface area contributed by atoms with Crippen LogP contribution < -0.4 is 14.2 Å². The number of H-pyrrole nitrogens is 2. The number of phenolic OH excluding ortho intramolecular Hbond substituents is 1. The van der Waals surface area contributed by atoms with E-state index in [0.29, 0.717) is 34.6 Å². The lowest BCUT2D eigenvalue weighted by atomic mass is 9.83. The zero-order chi connectivity index (χ0) is 32.0. The number of nitrogens with one attached hydrogen (secondary N) is 2. The first-order valence-electron chi connectivity index (χ1n) is 14.6. The fourth-order valence-electron chi connectivity index (χ4n) is 6.14. The number of rotatable bonds is 11. The number of aromatic amines is 2. The third-order valence-electron chi connectivity index (χ3n) is 8.61. The Bertz CT molecular complexity index is 1840. The summed E-state index contributed by atoms with van der Waals surface area (Å²) in [5.41, 5.74) is 4.72. The van der Waals surface area contributed by atoms with Crippen LogP contribution in [0.15, 0.2) is 61.3 Å². The summed E-state index contributed by atoms with van der Waals surface area (Å²) in [4.78, 5) is 6.97. The molecule has 0 bridgehead atoms. The van der Waals surface area contributed by atoms with Crippen molar-refractivity contribution in [2.75, 3.05) is 28.4 Å². The molecule has 5 rings (SSSR count). The molecule has 0 unspecified atom stereocenters. The number of fused-ring (bicyclic) bond motifs is 2. The number of hydrogen-bond acceptors (Lipinski definition) is 6. The summed E-state index contributed by atoms with van der Waals surface area (Å²) in [6, 6.07) is 13.9. The number of ether oxygens (including phenoxy) is 4. The first-order valence-corrected chi connectivity index (χ1v) is 14.6. The molecule has 2 aromatic heterocycles. The van der Waals surface area contributed by atoms with Gasteiger partial charge in [0.05, 0.1) is 44.2 Å². The van der Waals surface area contributed by atoms with E-state index in [-0.39, 0.29) is 11.5 Å². The van der Waals surface area contributed by atoms with E-state index in [1.807, 2.05) is 54.7 Å². The Hall–Kier alpha value is -4.40. The Morgan fingerprint density at radius 2 is 1.48 bits per heavy atom. The van der Waals surface area contributed by atoms with Crippen LogP contribution in [-0.2, 0) is 16.6 Å². The van der Waals surface area contributed by atoms with Crippen LogP contribution in [0.3, 0.4) is 0 Å². The average Bonchev–Trinajstić information content (AvgIpc) is 3.61. The van der Waals surface area contributed by atoms with Crippen molar-refractivity contribution in [3.8, 4) is 45.3 Å². The predicted molar refractivity (Wildman–Crippen MR) is 176 cm³/mol. The van der Waals surface area contributed by atoms with E-state index in [4.69, 9.17) is 18.9 Å². The van der Waals surface area contributed by atoms with Gasteiger partial charge in [-0.15, -0.1) is 6.58 Å². The van der Waals surface area contributed by atoms with Gasteiger partial charge in [0.2, 0.25) is 0 Å². The molecule has 0 saturated carbocycles. The number of aromatic nitrogens is 2. The number of aromatic hydroxyl groups is 1. The number of para-hydroxylation sites is 2. The molecule has 0 aliphatic heterocycles. The molecular weight excluding hydrogens is 556 g/mol. The van der Waals surface area contributed by atoms with Gasteiger partial charge in [-0.05, 0) is 25.5 Å². The number of hydrogen-bond donors (Lipinski definition) is 4. The molecular formula is C36H42N2O6. The van der Waals surface area contributed by atoms with E-state index in [9.17, 15) is 10.2 Å². The van der Waals surface area contributed by atoms with Crippen molar-refractivity contribution in [3.05, 3.63) is 72.6 Å². The fourth-order valence-corrected chi connectivity index (χ4v) is 6.14. The maximum absolute atomic E-state index is 12.1. The van der Waals surface area contributed by atoms with Crippen LogP contribution in [0.5, 0.6) is 23.0 Å². The van der Waals surface area contributed by atoms with Gasteiger partial charge in [0.15, 0.2) is 23.0 Å². The molecule has 8 nitrogen and oxygen atoms in total. The second kappa shape index (κ2) is 11.6. The lowest BCUT2D eigenvalue weighted by molar-refractivity contribution is -0.0687. The minimum atomic E-state index is -1.04. The minimum Gasteiger partial charge on any atom is -0.504 e. The Morgan fingerprint density at radius 3 is 2.09 bits per heavy atom. The highest BCUT2D eigenvalue weighted by molar-refractivity contribution is 6.07. The van der Waals surface area contributed by atoms with Gasteiger partial charge < -0.3 is 39.1 Å². The second-order valence-electron chi connectivity index (χ2n) is 12.2. The highest BCUT2D eigenvalue weighted by Gasteiger charge is 2.35. The molecule has 232 valence electrons. The van der Waals surface area contributed by atoms with E-state index in [1.54, 1.807) is 35.2 Å². The third-order valence-corrected chi connectivity index (χ3v) is 8.61. The van der Waals surface area contributed by atoms with Crippen LogP contribution >= 0.6 is 0 Å². The Morgan fingerprint density at radius 1 is 0.841 bits per heavy atom. The van der Waals surface area contributed by atoms with Crippen molar-refractivity contribution >= 4 is 21.8 Å². The molecule has 0 aliphatic rings. The van der Waals surface area contributed by atoms with E-state index in [1.165, 1.54) is 7.11 Å². The normalized spacial score (nSPS) is 12.9. The van der Waals surface area contributed by atoms with Gasteiger partial charge in [-0.1, -0.05) is 56.3 Å². The largest absolute Gasteiger partial charge is 0.504 e. The number of methoxy groups -OCH3 is 4. The molecule has 0 amide bonds. The molecule has 8 heteroatoms. The maximum atomic E-state index is 12.1. The summed E-state index contributed by atoms with van der Waals surface area (Å²) >= 11 is 0. The van der Waals surface area contributed by atoms with E-state index < -0.39 is 17.1 Å². The third kappa shape index (κ3) is 4.98. The first kappa shape index (κ1) is 31.0. The molecule has 0 aliphatic carbocycles. The van der Waals surface area contributed by atoms with Gasteiger partial charge in [0.25, 0.3) is 0 Å². The monoisotopic (exact) mass is 598 g/mol. The first-order chi connectivity index (χ1) is 20.9. The van der Waals surface area contributed by atoms with E-state index >= 15 is 0 Å². The lowest BCUT2D eigenvalue weighted by Crippen LogP contribution is -2.39. The van der Waals surface area contributed by atoms with Gasteiger partial charge >= 0.3 is 0 Å². The molecule has 0 radical (unpaired) electrons. The van der Waals surface area contributed by atoms with E-state index in [0.717, 1.165) is 38.6 Å². The Labute approximate surface area is 258 Å². The molecule has 0 fully saturated rings. The van der Waals surface area contributed by atoms with Crippen molar-refractivity contribution in [2.24, 2.45) is 0 Å². The Balaban J connectivity index is 1.82. The number of phenols is 1. The van der Waals surface area contributed by atoms with Crippen LogP contribution in [0.4, 0.5) is 0 Å². The van der Waals surface area contributed by atoms with E-state index in [2.05, 4.69) is 30.4 Å². The number of allylic oxidation sites excluding steroid dienone is 1. The molecule has 5 aromatic rings. The number of aliphatic hydroxyl groups is 1. The summed E-state index contributed by atoms with van der Waals surface area (Å²) in [6.07, 6.45) is 3.79.